The number of carbonyl (C=O) groups excluding carboxylic acids is 1. The van der Waals surface area contributed by atoms with E-state index < -0.39 is 0 Å². The Morgan fingerprint density at radius 1 is 1.43 bits per heavy atom. The van der Waals surface area contributed by atoms with E-state index >= 15 is 0 Å². The maximum absolute atomic E-state index is 12.5. The Morgan fingerprint density at radius 3 is 2.81 bits per heavy atom. The number of benzene rings is 1. The molecule has 0 spiro atoms. The van der Waals surface area contributed by atoms with Crippen LogP contribution in [0.3, 0.4) is 0 Å². The smallest absolute Gasteiger partial charge is 0.223 e. The molecule has 0 radical (unpaired) electrons. The van der Waals surface area contributed by atoms with E-state index in [1.165, 1.54) is 12.0 Å². The van der Waals surface area contributed by atoms with E-state index in [0.29, 0.717) is 12.3 Å². The molecule has 1 aromatic rings. The first-order valence-electron chi connectivity index (χ1n) is 7.83. The van der Waals surface area contributed by atoms with Crippen molar-refractivity contribution in [3.63, 3.8) is 0 Å². The third-order valence-electron chi connectivity index (χ3n) is 4.37. The van der Waals surface area contributed by atoms with Crippen molar-refractivity contribution in [2.24, 2.45) is 11.7 Å². The number of piperidine rings is 1. The Morgan fingerprint density at radius 2 is 2.14 bits per heavy atom. The van der Waals surface area contributed by atoms with Crippen LogP contribution in [0.1, 0.15) is 44.1 Å². The highest BCUT2D eigenvalue weighted by Gasteiger charge is 2.24. The van der Waals surface area contributed by atoms with Crippen molar-refractivity contribution in [1.82, 2.24) is 4.90 Å². The van der Waals surface area contributed by atoms with Gasteiger partial charge in [0.2, 0.25) is 5.91 Å². The van der Waals surface area contributed by atoms with Gasteiger partial charge in [-0.25, -0.2) is 0 Å². The average Bonchev–Trinajstić information content (AvgIpc) is 2.48. The molecule has 21 heavy (non-hydrogen) atoms. The molecule has 1 aromatic carbocycles. The second kappa shape index (κ2) is 7.95. The lowest BCUT2D eigenvalue weighted by Gasteiger charge is -2.33. The van der Waals surface area contributed by atoms with Gasteiger partial charge in [0, 0.05) is 24.0 Å². The molecule has 2 rings (SSSR count). The topological polar surface area (TPSA) is 46.3 Å². The highest BCUT2D eigenvalue weighted by atomic mass is 79.9. The summed E-state index contributed by atoms with van der Waals surface area (Å²) in [7, 11) is 0. The van der Waals surface area contributed by atoms with E-state index in [9.17, 15) is 4.79 Å². The number of hydrogen-bond donors (Lipinski definition) is 1. The van der Waals surface area contributed by atoms with Crippen LogP contribution < -0.4 is 5.73 Å². The predicted molar refractivity (Wildman–Crippen MR) is 90.1 cm³/mol. The number of nitrogens with two attached hydrogens (primary N) is 1. The van der Waals surface area contributed by atoms with E-state index in [-0.39, 0.29) is 11.8 Å². The normalized spacial score (nSPS) is 20.3. The van der Waals surface area contributed by atoms with Crippen molar-refractivity contribution in [1.29, 1.82) is 0 Å². The van der Waals surface area contributed by atoms with Gasteiger partial charge < -0.3 is 10.6 Å². The molecule has 4 heteroatoms. The summed E-state index contributed by atoms with van der Waals surface area (Å²) >= 11 is 3.44. The lowest BCUT2D eigenvalue weighted by Crippen LogP contribution is -2.40. The van der Waals surface area contributed by atoms with Crippen LogP contribution in [0.2, 0.25) is 0 Å². The molecule has 1 amide bonds. The molecule has 1 saturated heterocycles. The zero-order valence-electron chi connectivity index (χ0n) is 12.7. The Kier molecular flexibility index (Phi) is 6.24. The molecule has 1 aliphatic rings. The first kappa shape index (κ1) is 16.5. The summed E-state index contributed by atoms with van der Waals surface area (Å²) < 4.78 is 1.07. The predicted octanol–water partition coefficient (Wildman–Crippen LogP) is 3.53. The second-order valence-electron chi connectivity index (χ2n) is 6.08. The number of rotatable bonds is 5. The quantitative estimate of drug-likeness (QED) is 0.880. The van der Waals surface area contributed by atoms with Crippen LogP contribution in [0.5, 0.6) is 0 Å². The van der Waals surface area contributed by atoms with E-state index in [1.54, 1.807) is 0 Å². The van der Waals surface area contributed by atoms with Gasteiger partial charge >= 0.3 is 0 Å². The second-order valence-corrected chi connectivity index (χ2v) is 7.00. The lowest BCUT2D eigenvalue weighted by atomic mass is 9.93. The van der Waals surface area contributed by atoms with Gasteiger partial charge in [-0.3, -0.25) is 4.79 Å². The van der Waals surface area contributed by atoms with Gasteiger partial charge in [0.05, 0.1) is 0 Å². The van der Waals surface area contributed by atoms with Crippen molar-refractivity contribution in [2.75, 3.05) is 19.6 Å². The minimum Gasteiger partial charge on any atom is -0.342 e. The standard InChI is InChI=1S/C17H25BrN2O/c1-13(15-4-6-16(18)7-5-15)11-17(21)20-10-2-3-14(12-20)8-9-19/h4-7,13-14H,2-3,8-12,19H2,1H3. The van der Waals surface area contributed by atoms with Crippen molar-refractivity contribution >= 4 is 21.8 Å². The van der Waals surface area contributed by atoms with Crippen LogP contribution in [-0.2, 0) is 4.79 Å². The summed E-state index contributed by atoms with van der Waals surface area (Å²) in [6, 6.07) is 8.26. The molecule has 3 nitrogen and oxygen atoms in total. The van der Waals surface area contributed by atoms with Crippen LogP contribution in [0, 0.1) is 5.92 Å². The number of carbonyl (C=O) groups is 1. The monoisotopic (exact) mass is 352 g/mol. The Hall–Kier alpha value is -0.870. The number of nitrogens with zero attached hydrogens (tertiary/aromatic N) is 1. The molecule has 1 aliphatic heterocycles. The molecule has 0 bridgehead atoms. The van der Waals surface area contributed by atoms with Crippen molar-refractivity contribution in [3.05, 3.63) is 34.3 Å². The molecule has 0 saturated carbocycles. The van der Waals surface area contributed by atoms with Gasteiger partial charge in [-0.2, -0.15) is 0 Å². The number of likely N-dealkylation sites (tertiary alicyclic amines) is 1. The molecule has 2 unspecified atom stereocenters. The summed E-state index contributed by atoms with van der Waals surface area (Å²) in [6.45, 7) is 4.65. The summed E-state index contributed by atoms with van der Waals surface area (Å²) in [5, 5.41) is 0. The number of halogens is 1. The zero-order valence-corrected chi connectivity index (χ0v) is 14.3. The van der Waals surface area contributed by atoms with Gasteiger partial charge in [-0.05, 0) is 55.3 Å². The van der Waals surface area contributed by atoms with E-state index in [4.69, 9.17) is 5.73 Å². The van der Waals surface area contributed by atoms with Crippen LogP contribution in [0.15, 0.2) is 28.7 Å². The van der Waals surface area contributed by atoms with E-state index in [1.807, 2.05) is 17.0 Å². The summed E-state index contributed by atoms with van der Waals surface area (Å²) in [6.07, 6.45) is 3.95. The third-order valence-corrected chi connectivity index (χ3v) is 4.90. The molecule has 0 aliphatic carbocycles. The largest absolute Gasteiger partial charge is 0.342 e. The first-order valence-corrected chi connectivity index (χ1v) is 8.62. The average molecular weight is 353 g/mol. The van der Waals surface area contributed by atoms with Gasteiger partial charge in [-0.1, -0.05) is 35.0 Å². The Labute approximate surface area is 136 Å². The lowest BCUT2D eigenvalue weighted by molar-refractivity contribution is -0.133. The molecule has 1 fully saturated rings. The summed E-state index contributed by atoms with van der Waals surface area (Å²) in [5.74, 6) is 1.14. The van der Waals surface area contributed by atoms with Gasteiger partial charge in [0.1, 0.15) is 0 Å². The fourth-order valence-corrected chi connectivity index (χ4v) is 3.33. The highest BCUT2D eigenvalue weighted by molar-refractivity contribution is 9.10. The third kappa shape index (κ3) is 4.82. The van der Waals surface area contributed by atoms with Crippen molar-refractivity contribution in [2.45, 2.75) is 38.5 Å². The van der Waals surface area contributed by atoms with Crippen LogP contribution in [0.4, 0.5) is 0 Å². The highest BCUT2D eigenvalue weighted by Crippen LogP contribution is 2.24. The van der Waals surface area contributed by atoms with Crippen molar-refractivity contribution in [3.8, 4) is 0 Å². The molecule has 2 atom stereocenters. The fourth-order valence-electron chi connectivity index (χ4n) is 3.06. The Bertz CT molecular complexity index is 458. The Balaban J connectivity index is 1.89. The summed E-state index contributed by atoms with van der Waals surface area (Å²) in [5.41, 5.74) is 6.87. The maximum atomic E-state index is 12.5. The number of amides is 1. The maximum Gasteiger partial charge on any atom is 0.223 e. The molecule has 0 aromatic heterocycles. The number of hydrogen-bond acceptors (Lipinski definition) is 2. The van der Waals surface area contributed by atoms with Gasteiger partial charge in [0.25, 0.3) is 0 Å². The zero-order chi connectivity index (χ0) is 15.2. The minimum absolute atomic E-state index is 0.264. The summed E-state index contributed by atoms with van der Waals surface area (Å²) in [4.78, 5) is 14.5. The van der Waals surface area contributed by atoms with Crippen molar-refractivity contribution < 1.29 is 4.79 Å². The SMILES string of the molecule is CC(CC(=O)N1CCCC(CCN)C1)c1ccc(Br)cc1. The molecular formula is C17H25BrN2O. The fraction of sp³-hybridized carbons (Fsp3) is 0.588. The minimum atomic E-state index is 0.264. The molecule has 2 N–H and O–H groups in total. The first-order chi connectivity index (χ1) is 10.1. The molecule has 116 valence electrons. The van der Waals surface area contributed by atoms with Crippen LogP contribution in [0.25, 0.3) is 0 Å². The van der Waals surface area contributed by atoms with E-state index in [0.717, 1.165) is 36.9 Å². The molecular weight excluding hydrogens is 328 g/mol. The van der Waals surface area contributed by atoms with E-state index in [2.05, 4.69) is 35.0 Å². The molecule has 1 heterocycles. The van der Waals surface area contributed by atoms with Gasteiger partial charge in [-0.15, -0.1) is 0 Å². The van der Waals surface area contributed by atoms with Crippen LogP contribution in [-0.4, -0.2) is 30.4 Å². The van der Waals surface area contributed by atoms with Crippen LogP contribution >= 0.6 is 15.9 Å². The van der Waals surface area contributed by atoms with Gasteiger partial charge in [0.15, 0.2) is 0 Å².